The molecule has 0 aliphatic heterocycles. The topological polar surface area (TPSA) is 46.5 Å². The molecule has 0 spiro atoms. The number of aliphatic hydroxyl groups is 1. The van der Waals surface area contributed by atoms with Crippen LogP contribution in [0.3, 0.4) is 0 Å². The number of ether oxygens (including phenoxy) is 1. The van der Waals surface area contributed by atoms with E-state index < -0.39 is 0 Å². The fourth-order valence-corrected chi connectivity index (χ4v) is 2.04. The summed E-state index contributed by atoms with van der Waals surface area (Å²) < 4.78 is 4.55. The number of carbonyl (C=O) groups is 1. The van der Waals surface area contributed by atoms with Gasteiger partial charge in [-0.3, -0.25) is 4.79 Å². The molecular formula is C9H18O3S. The Balaban J connectivity index is 3.73. The van der Waals surface area contributed by atoms with Gasteiger partial charge in [0.05, 0.1) is 19.6 Å². The number of hydrogen-bond acceptors (Lipinski definition) is 4. The first-order chi connectivity index (χ1) is 5.97. The van der Waals surface area contributed by atoms with E-state index in [-0.39, 0.29) is 22.6 Å². The fourth-order valence-electron chi connectivity index (χ4n) is 0.846. The summed E-state index contributed by atoms with van der Waals surface area (Å²) in [5, 5.41) is 9.57. The molecule has 1 N–H and O–H groups in total. The zero-order valence-corrected chi connectivity index (χ0v) is 9.43. The second kappa shape index (κ2) is 6.27. The standard InChI is InChI=1S/C9H18O3S/c1-6(5-9(11)12-4)13-8(3)7(2)10/h6-8,10H,5H2,1-4H3. The Bertz CT molecular complexity index is 159. The van der Waals surface area contributed by atoms with Crippen LogP contribution >= 0.6 is 11.8 Å². The maximum atomic E-state index is 10.9. The van der Waals surface area contributed by atoms with Crippen molar-refractivity contribution in [3.8, 4) is 0 Å². The Labute approximate surface area is 83.9 Å². The predicted molar refractivity (Wildman–Crippen MR) is 54.8 cm³/mol. The molecule has 78 valence electrons. The van der Waals surface area contributed by atoms with E-state index in [2.05, 4.69) is 4.74 Å². The van der Waals surface area contributed by atoms with Crippen LogP contribution in [0.5, 0.6) is 0 Å². The summed E-state index contributed by atoms with van der Waals surface area (Å²) in [4.78, 5) is 10.9. The average molecular weight is 206 g/mol. The molecule has 0 aromatic heterocycles. The van der Waals surface area contributed by atoms with Crippen molar-refractivity contribution in [2.45, 2.75) is 43.8 Å². The average Bonchev–Trinajstić information content (AvgIpc) is 2.03. The van der Waals surface area contributed by atoms with Gasteiger partial charge in [0.15, 0.2) is 0 Å². The molecule has 0 bridgehead atoms. The van der Waals surface area contributed by atoms with Crippen LogP contribution in [0.2, 0.25) is 0 Å². The minimum absolute atomic E-state index is 0.152. The third kappa shape index (κ3) is 5.93. The van der Waals surface area contributed by atoms with Gasteiger partial charge in [-0.25, -0.2) is 0 Å². The number of aliphatic hydroxyl groups excluding tert-OH is 1. The number of rotatable bonds is 5. The van der Waals surface area contributed by atoms with Gasteiger partial charge in [-0.2, -0.15) is 11.8 Å². The zero-order chi connectivity index (χ0) is 10.4. The molecule has 4 heteroatoms. The van der Waals surface area contributed by atoms with Crippen molar-refractivity contribution in [2.75, 3.05) is 7.11 Å². The quantitative estimate of drug-likeness (QED) is 0.691. The molecule has 0 saturated carbocycles. The number of carbonyl (C=O) groups excluding carboxylic acids is 1. The molecule has 0 amide bonds. The van der Waals surface area contributed by atoms with Crippen molar-refractivity contribution < 1.29 is 14.6 Å². The van der Waals surface area contributed by atoms with Crippen LogP contribution in [0.25, 0.3) is 0 Å². The van der Waals surface area contributed by atoms with Gasteiger partial charge in [-0.05, 0) is 6.92 Å². The maximum absolute atomic E-state index is 10.9. The summed E-state index contributed by atoms with van der Waals surface area (Å²) in [5.41, 5.74) is 0. The number of hydrogen-bond donors (Lipinski definition) is 1. The van der Waals surface area contributed by atoms with Gasteiger partial charge in [-0.15, -0.1) is 0 Å². The lowest BCUT2D eigenvalue weighted by Crippen LogP contribution is -2.19. The van der Waals surface area contributed by atoms with Crippen LogP contribution in [-0.4, -0.2) is 34.8 Å². The first-order valence-electron chi connectivity index (χ1n) is 4.37. The summed E-state index contributed by atoms with van der Waals surface area (Å²) in [5.74, 6) is -0.196. The molecule has 0 radical (unpaired) electrons. The molecular weight excluding hydrogens is 188 g/mol. The molecule has 0 rings (SSSR count). The van der Waals surface area contributed by atoms with Gasteiger partial charge < -0.3 is 9.84 Å². The largest absolute Gasteiger partial charge is 0.469 e. The Kier molecular flexibility index (Phi) is 6.16. The Hall–Kier alpha value is -0.220. The van der Waals surface area contributed by atoms with E-state index >= 15 is 0 Å². The monoisotopic (exact) mass is 206 g/mol. The normalized spacial score (nSPS) is 17.6. The van der Waals surface area contributed by atoms with Crippen molar-refractivity contribution >= 4 is 17.7 Å². The summed E-state index contributed by atoms with van der Waals surface area (Å²) in [7, 11) is 1.39. The molecule has 0 fully saturated rings. The van der Waals surface area contributed by atoms with Crippen molar-refractivity contribution in [3.63, 3.8) is 0 Å². The second-order valence-corrected chi connectivity index (χ2v) is 4.99. The van der Waals surface area contributed by atoms with Crippen LogP contribution in [0.1, 0.15) is 27.2 Å². The SMILES string of the molecule is COC(=O)CC(C)SC(C)C(C)O. The molecule has 0 aromatic carbocycles. The van der Waals surface area contributed by atoms with E-state index in [1.807, 2.05) is 13.8 Å². The van der Waals surface area contributed by atoms with Crippen molar-refractivity contribution in [1.29, 1.82) is 0 Å². The van der Waals surface area contributed by atoms with Crippen LogP contribution in [-0.2, 0) is 9.53 Å². The molecule has 3 nitrogen and oxygen atoms in total. The van der Waals surface area contributed by atoms with Gasteiger partial charge in [0.2, 0.25) is 0 Å². The van der Waals surface area contributed by atoms with Crippen molar-refractivity contribution in [3.05, 3.63) is 0 Å². The van der Waals surface area contributed by atoms with E-state index in [0.29, 0.717) is 6.42 Å². The number of thioether (sulfide) groups is 1. The highest BCUT2D eigenvalue weighted by Crippen LogP contribution is 2.22. The summed E-state index contributed by atoms with van der Waals surface area (Å²) in [6, 6.07) is 0. The molecule has 0 aromatic rings. The number of esters is 1. The van der Waals surface area contributed by atoms with Gasteiger partial charge >= 0.3 is 5.97 Å². The summed E-state index contributed by atoms with van der Waals surface area (Å²) in [6.07, 6.45) is 0.0585. The van der Waals surface area contributed by atoms with Gasteiger partial charge in [-0.1, -0.05) is 13.8 Å². The summed E-state index contributed by atoms with van der Waals surface area (Å²) >= 11 is 1.60. The van der Waals surface area contributed by atoms with Gasteiger partial charge in [0.25, 0.3) is 0 Å². The lowest BCUT2D eigenvalue weighted by atomic mass is 10.3. The highest BCUT2D eigenvalue weighted by molar-refractivity contribution is 8.00. The minimum Gasteiger partial charge on any atom is -0.469 e. The lowest BCUT2D eigenvalue weighted by molar-refractivity contribution is -0.140. The van der Waals surface area contributed by atoms with E-state index in [9.17, 15) is 9.90 Å². The van der Waals surface area contributed by atoms with E-state index in [1.54, 1.807) is 18.7 Å². The van der Waals surface area contributed by atoms with Crippen LogP contribution < -0.4 is 0 Å². The third-order valence-electron chi connectivity index (χ3n) is 1.81. The summed E-state index contributed by atoms with van der Waals surface area (Å²) in [6.45, 7) is 5.66. The zero-order valence-electron chi connectivity index (χ0n) is 8.61. The highest BCUT2D eigenvalue weighted by Gasteiger charge is 2.16. The Morgan fingerprint density at radius 1 is 1.46 bits per heavy atom. The minimum atomic E-state index is -0.343. The molecule has 0 aliphatic carbocycles. The Morgan fingerprint density at radius 3 is 2.38 bits per heavy atom. The molecule has 13 heavy (non-hydrogen) atoms. The van der Waals surface area contributed by atoms with E-state index in [1.165, 1.54) is 7.11 Å². The smallest absolute Gasteiger partial charge is 0.306 e. The highest BCUT2D eigenvalue weighted by atomic mass is 32.2. The van der Waals surface area contributed by atoms with Gasteiger partial charge in [0.1, 0.15) is 0 Å². The molecule has 3 unspecified atom stereocenters. The number of methoxy groups -OCH3 is 1. The molecule has 0 aliphatic rings. The van der Waals surface area contributed by atoms with E-state index in [4.69, 9.17) is 0 Å². The molecule has 0 saturated heterocycles. The Morgan fingerprint density at radius 2 is 2.00 bits per heavy atom. The van der Waals surface area contributed by atoms with E-state index in [0.717, 1.165) is 0 Å². The van der Waals surface area contributed by atoms with Crippen LogP contribution in [0.4, 0.5) is 0 Å². The van der Waals surface area contributed by atoms with Crippen molar-refractivity contribution in [1.82, 2.24) is 0 Å². The third-order valence-corrected chi connectivity index (χ3v) is 3.26. The van der Waals surface area contributed by atoms with Gasteiger partial charge in [0, 0.05) is 10.5 Å². The van der Waals surface area contributed by atoms with Crippen molar-refractivity contribution in [2.24, 2.45) is 0 Å². The lowest BCUT2D eigenvalue weighted by Gasteiger charge is -2.18. The first-order valence-corrected chi connectivity index (χ1v) is 5.32. The van der Waals surface area contributed by atoms with Crippen LogP contribution in [0, 0.1) is 0 Å². The fraction of sp³-hybridized carbons (Fsp3) is 0.889. The second-order valence-electron chi connectivity index (χ2n) is 3.17. The molecule has 3 atom stereocenters. The maximum Gasteiger partial charge on any atom is 0.306 e. The first kappa shape index (κ1) is 12.8. The predicted octanol–water partition coefficient (Wildman–Crippen LogP) is 1.44. The molecule has 0 heterocycles. The van der Waals surface area contributed by atoms with Crippen LogP contribution in [0.15, 0.2) is 0 Å².